The van der Waals surface area contributed by atoms with E-state index in [2.05, 4.69) is 10.3 Å². The predicted molar refractivity (Wildman–Crippen MR) is 95.2 cm³/mol. The predicted octanol–water partition coefficient (Wildman–Crippen LogP) is 3.66. The smallest absolute Gasteiger partial charge is 0.226 e. The molecule has 0 spiro atoms. The topological polar surface area (TPSA) is 64.4 Å². The van der Waals surface area contributed by atoms with Gasteiger partial charge in [-0.1, -0.05) is 12.1 Å². The van der Waals surface area contributed by atoms with Gasteiger partial charge in [-0.25, -0.2) is 9.37 Å². The van der Waals surface area contributed by atoms with Crippen molar-refractivity contribution in [2.75, 3.05) is 7.11 Å². The van der Waals surface area contributed by atoms with Crippen molar-refractivity contribution in [2.45, 2.75) is 19.9 Å². The fourth-order valence-corrected chi connectivity index (χ4v) is 2.47. The molecule has 0 unspecified atom stereocenters. The van der Waals surface area contributed by atoms with Crippen LogP contribution in [0.1, 0.15) is 17.0 Å². The molecule has 1 aromatic heterocycles. The van der Waals surface area contributed by atoms with E-state index < -0.39 is 0 Å². The van der Waals surface area contributed by atoms with Crippen LogP contribution in [0.5, 0.6) is 5.75 Å². The zero-order chi connectivity index (χ0) is 18.5. The summed E-state index contributed by atoms with van der Waals surface area (Å²) < 4.78 is 23.7. The Balaban J connectivity index is 1.63. The van der Waals surface area contributed by atoms with E-state index in [1.165, 1.54) is 12.1 Å². The first-order chi connectivity index (χ1) is 12.5. The number of hydrogen-bond acceptors (Lipinski definition) is 4. The van der Waals surface area contributed by atoms with Crippen LogP contribution < -0.4 is 10.1 Å². The summed E-state index contributed by atoms with van der Waals surface area (Å²) in [7, 11) is 1.60. The monoisotopic (exact) mass is 354 g/mol. The number of nitrogens with one attached hydrogen (secondary N) is 1. The standard InChI is InChI=1S/C20H19FN2O3/c1-13-18(11-19(24)22-12-14-3-7-16(21)8-4-14)23-20(26-13)15-5-9-17(25-2)10-6-15/h3-10H,11-12H2,1-2H3,(H,22,24). The minimum atomic E-state index is -0.302. The number of aryl methyl sites for hydroxylation is 1. The summed E-state index contributed by atoms with van der Waals surface area (Å²) in [5.41, 5.74) is 2.23. The van der Waals surface area contributed by atoms with Gasteiger partial charge in [0, 0.05) is 12.1 Å². The highest BCUT2D eigenvalue weighted by Crippen LogP contribution is 2.24. The van der Waals surface area contributed by atoms with E-state index in [4.69, 9.17) is 9.15 Å². The zero-order valence-corrected chi connectivity index (χ0v) is 14.6. The molecule has 0 atom stereocenters. The molecule has 1 N–H and O–H groups in total. The van der Waals surface area contributed by atoms with Crippen molar-refractivity contribution in [1.82, 2.24) is 10.3 Å². The molecule has 6 heteroatoms. The first-order valence-electron chi connectivity index (χ1n) is 8.17. The van der Waals surface area contributed by atoms with Gasteiger partial charge in [-0.15, -0.1) is 0 Å². The van der Waals surface area contributed by atoms with Crippen molar-refractivity contribution in [3.63, 3.8) is 0 Å². The maximum absolute atomic E-state index is 12.9. The maximum Gasteiger partial charge on any atom is 0.226 e. The first-order valence-corrected chi connectivity index (χ1v) is 8.17. The molecule has 5 nitrogen and oxygen atoms in total. The van der Waals surface area contributed by atoms with E-state index in [-0.39, 0.29) is 18.1 Å². The van der Waals surface area contributed by atoms with Gasteiger partial charge in [0.25, 0.3) is 0 Å². The summed E-state index contributed by atoms with van der Waals surface area (Å²) in [6.07, 6.45) is 0.118. The van der Waals surface area contributed by atoms with Gasteiger partial charge in [-0.2, -0.15) is 0 Å². The number of nitrogens with zero attached hydrogens (tertiary/aromatic N) is 1. The molecule has 0 bridgehead atoms. The van der Waals surface area contributed by atoms with Gasteiger partial charge < -0.3 is 14.5 Å². The third-order valence-corrected chi connectivity index (χ3v) is 3.96. The molecule has 0 aliphatic heterocycles. The Hall–Kier alpha value is -3.15. The second kappa shape index (κ2) is 7.82. The largest absolute Gasteiger partial charge is 0.497 e. The highest BCUT2D eigenvalue weighted by Gasteiger charge is 2.14. The third-order valence-electron chi connectivity index (χ3n) is 3.96. The minimum absolute atomic E-state index is 0.118. The number of amides is 1. The first kappa shape index (κ1) is 17.7. The molecule has 26 heavy (non-hydrogen) atoms. The van der Waals surface area contributed by atoms with Crippen molar-refractivity contribution in [2.24, 2.45) is 0 Å². The van der Waals surface area contributed by atoms with E-state index >= 15 is 0 Å². The number of oxazole rings is 1. The average molecular weight is 354 g/mol. The molecule has 0 fully saturated rings. The van der Waals surface area contributed by atoms with Crippen molar-refractivity contribution in [3.05, 3.63) is 71.4 Å². The molecule has 3 rings (SSSR count). The van der Waals surface area contributed by atoms with Gasteiger partial charge in [0.1, 0.15) is 17.3 Å². The molecule has 1 amide bonds. The molecule has 134 valence electrons. The Morgan fingerprint density at radius 1 is 1.15 bits per heavy atom. The number of rotatable bonds is 6. The van der Waals surface area contributed by atoms with Crippen molar-refractivity contribution < 1.29 is 18.3 Å². The quantitative estimate of drug-likeness (QED) is 0.734. The Bertz CT molecular complexity index is 886. The van der Waals surface area contributed by atoms with Crippen LogP contribution in [0.3, 0.4) is 0 Å². The summed E-state index contributed by atoms with van der Waals surface area (Å²) in [5.74, 6) is 1.34. The van der Waals surface area contributed by atoms with Crippen LogP contribution in [0, 0.1) is 12.7 Å². The van der Waals surface area contributed by atoms with E-state index in [0.29, 0.717) is 23.9 Å². The van der Waals surface area contributed by atoms with Crippen LogP contribution in [-0.2, 0) is 17.8 Å². The Morgan fingerprint density at radius 2 is 1.85 bits per heavy atom. The Kier molecular flexibility index (Phi) is 5.31. The van der Waals surface area contributed by atoms with Gasteiger partial charge in [0.05, 0.1) is 19.2 Å². The second-order valence-electron chi connectivity index (χ2n) is 5.83. The zero-order valence-electron chi connectivity index (χ0n) is 14.6. The lowest BCUT2D eigenvalue weighted by molar-refractivity contribution is -0.120. The SMILES string of the molecule is COc1ccc(-c2nc(CC(=O)NCc3ccc(F)cc3)c(C)o2)cc1. The van der Waals surface area contributed by atoms with Crippen LogP contribution in [0.4, 0.5) is 4.39 Å². The van der Waals surface area contributed by atoms with E-state index in [1.54, 1.807) is 26.2 Å². The Morgan fingerprint density at radius 3 is 2.50 bits per heavy atom. The fraction of sp³-hybridized carbons (Fsp3) is 0.200. The molecule has 0 saturated heterocycles. The summed E-state index contributed by atoms with van der Waals surface area (Å²) in [5, 5.41) is 2.80. The minimum Gasteiger partial charge on any atom is -0.497 e. The second-order valence-corrected chi connectivity index (χ2v) is 5.83. The number of benzene rings is 2. The lowest BCUT2D eigenvalue weighted by Gasteiger charge is -2.04. The van der Waals surface area contributed by atoms with E-state index in [9.17, 15) is 9.18 Å². The van der Waals surface area contributed by atoms with Crippen molar-refractivity contribution >= 4 is 5.91 Å². The summed E-state index contributed by atoms with van der Waals surface area (Å²) in [6.45, 7) is 2.12. The van der Waals surface area contributed by atoms with Gasteiger partial charge >= 0.3 is 0 Å². The summed E-state index contributed by atoms with van der Waals surface area (Å²) >= 11 is 0. The highest BCUT2D eigenvalue weighted by atomic mass is 19.1. The third kappa shape index (κ3) is 4.27. The fourth-order valence-electron chi connectivity index (χ4n) is 2.47. The lowest BCUT2D eigenvalue weighted by Crippen LogP contribution is -2.24. The van der Waals surface area contributed by atoms with Gasteiger partial charge in [-0.05, 0) is 48.9 Å². The maximum atomic E-state index is 12.9. The molecule has 0 saturated carbocycles. The van der Waals surface area contributed by atoms with Crippen molar-refractivity contribution in [1.29, 1.82) is 0 Å². The van der Waals surface area contributed by atoms with Crippen LogP contribution in [0.2, 0.25) is 0 Å². The van der Waals surface area contributed by atoms with Crippen LogP contribution in [0.25, 0.3) is 11.5 Å². The number of carbonyl (C=O) groups excluding carboxylic acids is 1. The van der Waals surface area contributed by atoms with Crippen LogP contribution >= 0.6 is 0 Å². The molecule has 0 aliphatic carbocycles. The van der Waals surface area contributed by atoms with Gasteiger partial charge in [0.15, 0.2) is 0 Å². The van der Waals surface area contributed by atoms with Crippen LogP contribution in [-0.4, -0.2) is 18.0 Å². The van der Waals surface area contributed by atoms with E-state index in [0.717, 1.165) is 16.9 Å². The summed E-state index contributed by atoms with van der Waals surface area (Å²) in [6, 6.07) is 13.4. The normalized spacial score (nSPS) is 10.6. The number of hydrogen-bond donors (Lipinski definition) is 1. The molecule has 0 aliphatic rings. The molecule has 2 aromatic carbocycles. The number of aromatic nitrogens is 1. The number of ether oxygens (including phenoxy) is 1. The van der Waals surface area contributed by atoms with E-state index in [1.807, 2.05) is 24.3 Å². The Labute approximate surface area is 150 Å². The van der Waals surface area contributed by atoms with Crippen molar-refractivity contribution in [3.8, 4) is 17.2 Å². The number of carbonyl (C=O) groups is 1. The number of halogens is 1. The highest BCUT2D eigenvalue weighted by molar-refractivity contribution is 5.78. The van der Waals surface area contributed by atoms with Gasteiger partial charge in [0.2, 0.25) is 11.8 Å². The summed E-state index contributed by atoms with van der Waals surface area (Å²) in [4.78, 5) is 16.6. The molecular formula is C20H19FN2O3. The number of methoxy groups -OCH3 is 1. The van der Waals surface area contributed by atoms with Crippen LogP contribution in [0.15, 0.2) is 52.9 Å². The molecular weight excluding hydrogens is 335 g/mol. The molecule has 3 aromatic rings. The molecule has 1 heterocycles. The average Bonchev–Trinajstić information content (AvgIpc) is 3.02. The lowest BCUT2D eigenvalue weighted by atomic mass is 10.2. The van der Waals surface area contributed by atoms with Gasteiger partial charge in [-0.3, -0.25) is 4.79 Å². The molecule has 0 radical (unpaired) electrons.